The summed E-state index contributed by atoms with van der Waals surface area (Å²) >= 11 is 1.77. The Morgan fingerprint density at radius 1 is 1.37 bits per heavy atom. The molecule has 0 aromatic rings. The van der Waals surface area contributed by atoms with Gasteiger partial charge in [-0.05, 0) is 25.7 Å². The molecule has 4 nitrogen and oxygen atoms in total. The maximum atomic E-state index is 11.4. The first kappa shape index (κ1) is 13.7. The zero-order valence-electron chi connectivity index (χ0n) is 11.3. The molecule has 2 unspecified atom stereocenters. The van der Waals surface area contributed by atoms with Crippen molar-refractivity contribution in [3.63, 3.8) is 0 Å². The first-order chi connectivity index (χ1) is 9.20. The van der Waals surface area contributed by atoms with Gasteiger partial charge in [-0.25, -0.2) is 0 Å². The van der Waals surface area contributed by atoms with Gasteiger partial charge in [-0.2, -0.15) is 11.8 Å². The van der Waals surface area contributed by atoms with Gasteiger partial charge in [0.15, 0.2) is 0 Å². The minimum absolute atomic E-state index is 0.0799. The average molecular weight is 285 g/mol. The molecule has 1 aliphatic carbocycles. The molecule has 19 heavy (non-hydrogen) atoms. The van der Waals surface area contributed by atoms with E-state index in [0.29, 0.717) is 6.04 Å². The second-order valence-electron chi connectivity index (χ2n) is 6.05. The summed E-state index contributed by atoms with van der Waals surface area (Å²) < 4.78 is 6.06. The molecule has 2 saturated heterocycles. The lowest BCUT2D eigenvalue weighted by Gasteiger charge is -2.46. The first-order valence-corrected chi connectivity index (χ1v) is 8.56. The third-order valence-electron chi connectivity index (χ3n) is 4.91. The fourth-order valence-electron chi connectivity index (χ4n) is 3.92. The number of carbonyl (C=O) groups is 1. The van der Waals surface area contributed by atoms with Crippen molar-refractivity contribution in [2.24, 2.45) is 0 Å². The summed E-state index contributed by atoms with van der Waals surface area (Å²) in [5.74, 6) is 1.15. The molecule has 2 heterocycles. The molecule has 0 aromatic carbocycles. The maximum Gasteiger partial charge on any atom is 0.321 e. The normalized spacial score (nSPS) is 35.6. The van der Waals surface area contributed by atoms with E-state index in [2.05, 4.69) is 4.90 Å². The van der Waals surface area contributed by atoms with Crippen molar-refractivity contribution in [1.29, 1.82) is 0 Å². The van der Waals surface area contributed by atoms with Crippen molar-refractivity contribution in [3.05, 3.63) is 0 Å². The molecule has 3 rings (SSSR count). The van der Waals surface area contributed by atoms with Crippen LogP contribution < -0.4 is 0 Å². The lowest BCUT2D eigenvalue weighted by atomic mass is 9.87. The van der Waals surface area contributed by atoms with Crippen LogP contribution in [0.5, 0.6) is 0 Å². The fraction of sp³-hybridized carbons (Fsp3) is 0.929. The topological polar surface area (TPSA) is 49.8 Å². The Morgan fingerprint density at radius 2 is 2.16 bits per heavy atom. The minimum Gasteiger partial charge on any atom is -0.480 e. The number of hydrogen-bond acceptors (Lipinski definition) is 4. The van der Waals surface area contributed by atoms with E-state index in [-0.39, 0.29) is 11.6 Å². The summed E-state index contributed by atoms with van der Waals surface area (Å²) in [6.45, 7) is 1.73. The first-order valence-electron chi connectivity index (χ1n) is 7.40. The lowest BCUT2D eigenvalue weighted by molar-refractivity contribution is -0.147. The number of aliphatic carboxylic acids is 1. The van der Waals surface area contributed by atoms with Gasteiger partial charge in [-0.1, -0.05) is 12.8 Å². The summed E-state index contributed by atoms with van der Waals surface area (Å²) in [4.78, 5) is 13.7. The maximum absolute atomic E-state index is 11.4. The number of rotatable bonds is 2. The van der Waals surface area contributed by atoms with Gasteiger partial charge in [0.1, 0.15) is 6.04 Å². The molecule has 2 atom stereocenters. The highest BCUT2D eigenvalue weighted by molar-refractivity contribution is 7.99. The Kier molecular flexibility index (Phi) is 4.06. The van der Waals surface area contributed by atoms with Crippen LogP contribution in [0, 0.1) is 0 Å². The molecular formula is C14H23NO3S. The van der Waals surface area contributed by atoms with Gasteiger partial charge in [0.25, 0.3) is 0 Å². The molecule has 108 valence electrons. The molecule has 1 N–H and O–H groups in total. The van der Waals surface area contributed by atoms with E-state index in [9.17, 15) is 9.90 Å². The van der Waals surface area contributed by atoms with Crippen LogP contribution in [0.4, 0.5) is 0 Å². The smallest absolute Gasteiger partial charge is 0.321 e. The molecule has 5 heteroatoms. The Morgan fingerprint density at radius 3 is 2.89 bits per heavy atom. The largest absolute Gasteiger partial charge is 0.480 e. The van der Waals surface area contributed by atoms with Crippen LogP contribution in [0.2, 0.25) is 0 Å². The van der Waals surface area contributed by atoms with E-state index in [1.807, 2.05) is 0 Å². The Labute approximate surface area is 118 Å². The molecule has 1 saturated carbocycles. The number of carboxylic acids is 1. The predicted molar refractivity (Wildman–Crippen MR) is 75.6 cm³/mol. The Hall–Kier alpha value is -0.260. The second-order valence-corrected chi connectivity index (χ2v) is 7.20. The highest BCUT2D eigenvalue weighted by Crippen LogP contribution is 2.42. The second kappa shape index (κ2) is 5.62. The summed E-state index contributed by atoms with van der Waals surface area (Å²) in [5, 5.41) is 9.41. The van der Waals surface area contributed by atoms with Crippen LogP contribution in [-0.2, 0) is 9.53 Å². The predicted octanol–water partition coefficient (Wildman–Crippen LogP) is 1.98. The number of ether oxygens (including phenoxy) is 1. The third-order valence-corrected chi connectivity index (χ3v) is 5.93. The van der Waals surface area contributed by atoms with Crippen molar-refractivity contribution in [1.82, 2.24) is 4.90 Å². The third kappa shape index (κ3) is 2.78. The zero-order valence-corrected chi connectivity index (χ0v) is 12.2. The number of thioether (sulfide) groups is 1. The summed E-state index contributed by atoms with van der Waals surface area (Å²) in [5.41, 5.74) is 0.0799. The van der Waals surface area contributed by atoms with E-state index in [4.69, 9.17) is 4.74 Å². The monoisotopic (exact) mass is 285 g/mol. The van der Waals surface area contributed by atoms with E-state index in [0.717, 1.165) is 37.5 Å². The molecule has 0 amide bonds. The molecule has 0 radical (unpaired) electrons. The number of carboxylic acid groups (broad SMARTS) is 1. The van der Waals surface area contributed by atoms with E-state index in [1.54, 1.807) is 11.8 Å². The summed E-state index contributed by atoms with van der Waals surface area (Å²) in [6, 6.07) is 0.120. The van der Waals surface area contributed by atoms with Gasteiger partial charge in [0.2, 0.25) is 0 Å². The van der Waals surface area contributed by atoms with E-state index >= 15 is 0 Å². The average Bonchev–Trinajstić information content (AvgIpc) is 2.86. The van der Waals surface area contributed by atoms with Crippen LogP contribution in [0.3, 0.4) is 0 Å². The lowest BCUT2D eigenvalue weighted by Crippen LogP contribution is -2.56. The van der Waals surface area contributed by atoms with Crippen molar-refractivity contribution in [2.75, 3.05) is 24.7 Å². The Bertz CT molecular complexity index is 344. The van der Waals surface area contributed by atoms with Gasteiger partial charge in [0, 0.05) is 30.7 Å². The van der Waals surface area contributed by atoms with Crippen LogP contribution in [-0.4, -0.2) is 58.3 Å². The zero-order chi connectivity index (χ0) is 13.3. The molecule has 3 aliphatic rings. The van der Waals surface area contributed by atoms with Crippen LogP contribution in [0.25, 0.3) is 0 Å². The van der Waals surface area contributed by atoms with E-state index in [1.165, 1.54) is 25.7 Å². The van der Waals surface area contributed by atoms with Crippen molar-refractivity contribution in [2.45, 2.75) is 56.2 Å². The fourth-order valence-corrected chi connectivity index (χ4v) is 4.98. The van der Waals surface area contributed by atoms with Crippen molar-refractivity contribution < 1.29 is 14.6 Å². The van der Waals surface area contributed by atoms with Gasteiger partial charge in [0.05, 0.1) is 5.60 Å². The Balaban J connectivity index is 1.71. The molecule has 0 aromatic heterocycles. The van der Waals surface area contributed by atoms with Gasteiger partial charge < -0.3 is 9.84 Å². The van der Waals surface area contributed by atoms with Crippen molar-refractivity contribution in [3.8, 4) is 0 Å². The van der Waals surface area contributed by atoms with E-state index < -0.39 is 5.97 Å². The molecule has 0 bridgehead atoms. The standard InChI is InChI=1S/C14H23NO3S/c16-13(17)12-10-19-8-6-15(12)11-3-7-18-14(9-11)4-1-2-5-14/h11-12H,1-10H2,(H,16,17). The van der Waals surface area contributed by atoms with Gasteiger partial charge in [-0.15, -0.1) is 0 Å². The minimum atomic E-state index is -0.654. The molecular weight excluding hydrogens is 262 g/mol. The molecule has 1 spiro atoms. The highest BCUT2D eigenvalue weighted by Gasteiger charge is 2.44. The van der Waals surface area contributed by atoms with Gasteiger partial charge in [-0.3, -0.25) is 9.69 Å². The van der Waals surface area contributed by atoms with Gasteiger partial charge >= 0.3 is 5.97 Å². The number of nitrogens with zero attached hydrogens (tertiary/aromatic N) is 1. The summed E-state index contributed by atoms with van der Waals surface area (Å²) in [7, 11) is 0. The van der Waals surface area contributed by atoms with Crippen molar-refractivity contribution >= 4 is 17.7 Å². The summed E-state index contributed by atoms with van der Waals surface area (Å²) in [6.07, 6.45) is 6.92. The SMILES string of the molecule is O=C(O)C1CSCCN1C1CCOC2(CCCC2)C1. The molecule has 3 fully saturated rings. The van der Waals surface area contributed by atoms with Crippen LogP contribution >= 0.6 is 11.8 Å². The van der Waals surface area contributed by atoms with Crippen LogP contribution in [0.15, 0.2) is 0 Å². The molecule has 2 aliphatic heterocycles. The van der Waals surface area contributed by atoms with Crippen LogP contribution in [0.1, 0.15) is 38.5 Å². The quantitative estimate of drug-likeness (QED) is 0.841. The highest BCUT2D eigenvalue weighted by atomic mass is 32.2. The number of hydrogen-bond donors (Lipinski definition) is 1.